The van der Waals surface area contributed by atoms with Gasteiger partial charge in [-0.05, 0) is 0 Å². The van der Waals surface area contributed by atoms with Crippen molar-refractivity contribution in [3.05, 3.63) is 35.4 Å². The fourth-order valence-electron chi connectivity index (χ4n) is 3.67. The summed E-state index contributed by atoms with van der Waals surface area (Å²) in [5.74, 6) is -1.25. The molecule has 1 aliphatic carbocycles. The van der Waals surface area contributed by atoms with Crippen molar-refractivity contribution in [2.45, 2.75) is 0 Å². The molecule has 136 valence electrons. The number of fused-ring (bicyclic) bond motifs is 2. The highest BCUT2D eigenvalue weighted by atomic mass is 16.5. The first-order valence-electron chi connectivity index (χ1n) is 8.78. The van der Waals surface area contributed by atoms with E-state index < -0.39 is 11.8 Å². The van der Waals surface area contributed by atoms with Crippen LogP contribution in [0.5, 0.6) is 0 Å². The second-order valence-electron chi connectivity index (χ2n) is 6.60. The highest BCUT2D eigenvalue weighted by Crippen LogP contribution is 2.32. The molecule has 1 fully saturated rings. The number of hydrogen-bond acceptors (Lipinski definition) is 7. The van der Waals surface area contributed by atoms with E-state index in [1.807, 2.05) is 0 Å². The minimum absolute atomic E-state index is 0.134. The average molecular weight is 355 g/mol. The fraction of sp³-hybridized carbons (Fsp3) is 0.444. The molecule has 0 spiro atoms. The van der Waals surface area contributed by atoms with Gasteiger partial charge in [-0.3, -0.25) is 24.9 Å². The zero-order valence-electron chi connectivity index (χ0n) is 14.4. The molecule has 0 saturated carbocycles. The summed E-state index contributed by atoms with van der Waals surface area (Å²) in [6.45, 7) is 4.49. The molecule has 2 atom stereocenters. The molecule has 8 nitrogen and oxygen atoms in total. The second-order valence-corrected chi connectivity index (χ2v) is 6.60. The van der Waals surface area contributed by atoms with Crippen LogP contribution < -0.4 is 11.2 Å². The van der Waals surface area contributed by atoms with Crippen molar-refractivity contribution in [1.29, 1.82) is 0 Å². The number of nitrogens with two attached hydrogens (primary N) is 1. The lowest BCUT2D eigenvalue weighted by Gasteiger charge is -2.33. The third-order valence-electron chi connectivity index (χ3n) is 5.07. The Morgan fingerprint density at radius 2 is 1.81 bits per heavy atom. The number of amidine groups is 2. The van der Waals surface area contributed by atoms with E-state index in [0.29, 0.717) is 23.5 Å². The largest absolute Gasteiger partial charge is 0.385 e. The number of hydrazone groups is 1. The Hall–Kier alpha value is -2.58. The number of aliphatic imine (C=N–C) groups is 1. The molecule has 8 heteroatoms. The van der Waals surface area contributed by atoms with E-state index in [9.17, 15) is 9.59 Å². The van der Waals surface area contributed by atoms with Crippen LogP contribution in [0.15, 0.2) is 34.4 Å². The molecule has 3 N–H and O–H groups in total. The van der Waals surface area contributed by atoms with Gasteiger partial charge in [-0.15, -0.1) is 0 Å². The molecule has 26 heavy (non-hydrogen) atoms. The SMILES string of the molecule is NC1=NNC(=NCCN2CCOCC2)C2C(=O)c3ccccc3C(=O)C12. The van der Waals surface area contributed by atoms with Gasteiger partial charge in [0, 0.05) is 30.8 Å². The van der Waals surface area contributed by atoms with Crippen molar-refractivity contribution in [2.24, 2.45) is 27.7 Å². The molecule has 3 aliphatic rings. The number of benzene rings is 1. The first-order valence-corrected chi connectivity index (χ1v) is 8.78. The Bertz CT molecular complexity index is 798. The van der Waals surface area contributed by atoms with Crippen LogP contribution in [0, 0.1) is 11.8 Å². The van der Waals surface area contributed by atoms with Crippen molar-refractivity contribution in [2.75, 3.05) is 39.4 Å². The minimum Gasteiger partial charge on any atom is -0.385 e. The van der Waals surface area contributed by atoms with Crippen LogP contribution in [0.25, 0.3) is 0 Å². The molecular weight excluding hydrogens is 334 g/mol. The molecule has 0 aromatic heterocycles. The Balaban J connectivity index is 1.59. The van der Waals surface area contributed by atoms with Crippen molar-refractivity contribution >= 4 is 23.2 Å². The summed E-state index contributed by atoms with van der Waals surface area (Å²) < 4.78 is 5.33. The molecule has 1 saturated heterocycles. The number of nitrogens with zero attached hydrogens (tertiary/aromatic N) is 3. The van der Waals surface area contributed by atoms with Crippen molar-refractivity contribution in [1.82, 2.24) is 10.3 Å². The zero-order chi connectivity index (χ0) is 18.1. The van der Waals surface area contributed by atoms with E-state index >= 15 is 0 Å². The molecule has 0 radical (unpaired) electrons. The maximum atomic E-state index is 13.0. The predicted octanol–water partition coefficient (Wildman–Crippen LogP) is -0.0959. The summed E-state index contributed by atoms with van der Waals surface area (Å²) in [6, 6.07) is 6.85. The van der Waals surface area contributed by atoms with Crippen LogP contribution in [-0.4, -0.2) is 67.5 Å². The van der Waals surface area contributed by atoms with E-state index in [2.05, 4.69) is 20.4 Å². The van der Waals surface area contributed by atoms with Gasteiger partial charge in [-0.25, -0.2) is 0 Å². The van der Waals surface area contributed by atoms with E-state index in [0.717, 1.165) is 32.8 Å². The number of Topliss-reactive ketones (excluding diaryl/α,β-unsaturated/α-hetero) is 2. The number of carbonyl (C=O) groups is 2. The molecule has 0 bridgehead atoms. The van der Waals surface area contributed by atoms with Crippen LogP contribution >= 0.6 is 0 Å². The van der Waals surface area contributed by atoms with Gasteiger partial charge in [0.2, 0.25) is 0 Å². The maximum absolute atomic E-state index is 13.0. The molecule has 2 heterocycles. The average Bonchev–Trinajstić information content (AvgIpc) is 2.68. The standard InChI is InChI=1S/C18H21N5O3/c19-17-13-14(16(25)12-4-2-1-3-11(12)15(13)24)18(22-21-17)20-5-6-23-7-9-26-10-8-23/h1-4,13-14H,5-10H2,(H2,19,21)(H,20,22). The molecule has 1 aromatic rings. The summed E-state index contributed by atoms with van der Waals surface area (Å²) in [7, 11) is 0. The van der Waals surface area contributed by atoms with Crippen molar-refractivity contribution in [3.63, 3.8) is 0 Å². The van der Waals surface area contributed by atoms with E-state index in [-0.39, 0.29) is 17.4 Å². The minimum atomic E-state index is -0.777. The van der Waals surface area contributed by atoms with E-state index in [4.69, 9.17) is 10.5 Å². The van der Waals surface area contributed by atoms with Crippen molar-refractivity contribution < 1.29 is 14.3 Å². The van der Waals surface area contributed by atoms with Gasteiger partial charge in [0.15, 0.2) is 11.6 Å². The Labute approximate surface area is 151 Å². The number of rotatable bonds is 3. The second kappa shape index (κ2) is 6.97. The monoisotopic (exact) mass is 355 g/mol. The van der Waals surface area contributed by atoms with Crippen LogP contribution in [0.2, 0.25) is 0 Å². The summed E-state index contributed by atoms with van der Waals surface area (Å²) in [6.07, 6.45) is 0. The number of carbonyl (C=O) groups excluding carboxylic acids is 2. The zero-order valence-corrected chi connectivity index (χ0v) is 14.4. The molecule has 2 aliphatic heterocycles. The van der Waals surface area contributed by atoms with Gasteiger partial charge in [0.1, 0.15) is 11.7 Å². The lowest BCUT2D eigenvalue weighted by molar-refractivity contribution is 0.0394. The molecule has 4 rings (SSSR count). The quantitative estimate of drug-likeness (QED) is 0.784. The predicted molar refractivity (Wildman–Crippen MR) is 96.4 cm³/mol. The van der Waals surface area contributed by atoms with Crippen LogP contribution in [0.4, 0.5) is 0 Å². The Morgan fingerprint density at radius 1 is 1.15 bits per heavy atom. The van der Waals surface area contributed by atoms with Gasteiger partial charge < -0.3 is 10.5 Å². The third kappa shape index (κ3) is 2.91. The maximum Gasteiger partial charge on any atom is 0.175 e. The number of ether oxygens (including phenoxy) is 1. The van der Waals surface area contributed by atoms with E-state index in [1.54, 1.807) is 24.3 Å². The molecule has 2 unspecified atom stereocenters. The molecule has 1 aromatic carbocycles. The highest BCUT2D eigenvalue weighted by molar-refractivity contribution is 6.29. The van der Waals surface area contributed by atoms with Crippen LogP contribution in [-0.2, 0) is 4.74 Å². The molecule has 0 amide bonds. The summed E-state index contributed by atoms with van der Waals surface area (Å²) in [5.41, 5.74) is 9.56. The number of nitrogens with one attached hydrogen (secondary N) is 1. The summed E-state index contributed by atoms with van der Waals surface area (Å²) >= 11 is 0. The smallest absolute Gasteiger partial charge is 0.175 e. The number of ketones is 2. The number of hydrogen-bond donors (Lipinski definition) is 2. The third-order valence-corrected chi connectivity index (χ3v) is 5.07. The first-order chi connectivity index (χ1) is 12.7. The topological polar surface area (TPSA) is 109 Å². The number of morpholine rings is 1. The summed E-state index contributed by atoms with van der Waals surface area (Å²) in [5, 5.41) is 4.03. The van der Waals surface area contributed by atoms with Gasteiger partial charge in [-0.2, -0.15) is 5.10 Å². The highest BCUT2D eigenvalue weighted by Gasteiger charge is 2.48. The van der Waals surface area contributed by atoms with Gasteiger partial charge in [-0.1, -0.05) is 24.3 Å². The lowest BCUT2D eigenvalue weighted by Crippen LogP contribution is -2.54. The van der Waals surface area contributed by atoms with Gasteiger partial charge in [0.25, 0.3) is 0 Å². The van der Waals surface area contributed by atoms with E-state index in [1.165, 1.54) is 0 Å². The fourth-order valence-corrected chi connectivity index (χ4v) is 3.67. The summed E-state index contributed by atoms with van der Waals surface area (Å²) in [4.78, 5) is 32.7. The Kier molecular flexibility index (Phi) is 4.52. The first kappa shape index (κ1) is 16.9. The normalized spacial score (nSPS) is 27.5. The molecular formula is C18H21N5O3. The van der Waals surface area contributed by atoms with Crippen LogP contribution in [0.1, 0.15) is 20.7 Å². The van der Waals surface area contributed by atoms with Crippen LogP contribution in [0.3, 0.4) is 0 Å². The van der Waals surface area contributed by atoms with Gasteiger partial charge >= 0.3 is 0 Å². The Morgan fingerprint density at radius 3 is 2.50 bits per heavy atom. The lowest BCUT2D eigenvalue weighted by atomic mass is 9.72. The van der Waals surface area contributed by atoms with Gasteiger partial charge in [0.05, 0.1) is 31.6 Å². The van der Waals surface area contributed by atoms with Crippen molar-refractivity contribution in [3.8, 4) is 0 Å².